The van der Waals surface area contributed by atoms with E-state index in [0.29, 0.717) is 11.2 Å². The molecule has 0 aromatic rings. The third-order valence-electron chi connectivity index (χ3n) is 1.10. The summed E-state index contributed by atoms with van der Waals surface area (Å²) in [7, 11) is 0. The number of hydrogen-bond acceptors (Lipinski definition) is 1. The van der Waals surface area contributed by atoms with Gasteiger partial charge in [0.15, 0.2) is 0 Å². The SMILES string of the molecule is CCC(Br)CCC(=O)Cl. The number of carbonyl (C=O) groups excluding carboxylic acids is 1. The van der Waals surface area contributed by atoms with Crippen LogP contribution in [0.15, 0.2) is 0 Å². The first-order chi connectivity index (χ1) is 4.16. The van der Waals surface area contributed by atoms with Crippen molar-refractivity contribution in [2.24, 2.45) is 0 Å². The van der Waals surface area contributed by atoms with E-state index in [0.717, 1.165) is 12.8 Å². The Morgan fingerprint density at radius 3 is 2.67 bits per heavy atom. The van der Waals surface area contributed by atoms with Crippen LogP contribution in [-0.2, 0) is 4.79 Å². The molecule has 0 rings (SSSR count). The van der Waals surface area contributed by atoms with Crippen LogP contribution >= 0.6 is 27.5 Å². The molecule has 0 amide bonds. The number of hydrogen-bond donors (Lipinski definition) is 0. The van der Waals surface area contributed by atoms with Gasteiger partial charge >= 0.3 is 0 Å². The minimum atomic E-state index is -0.243. The predicted molar refractivity (Wildman–Crippen MR) is 43.1 cm³/mol. The number of halogens is 2. The van der Waals surface area contributed by atoms with Gasteiger partial charge in [-0.2, -0.15) is 0 Å². The summed E-state index contributed by atoms with van der Waals surface area (Å²) in [5, 5.41) is -0.243. The molecule has 1 nitrogen and oxygen atoms in total. The molecule has 0 aromatic carbocycles. The fourth-order valence-electron chi connectivity index (χ4n) is 0.474. The Kier molecular flexibility index (Phi) is 5.50. The van der Waals surface area contributed by atoms with Gasteiger partial charge in [0, 0.05) is 11.2 Å². The average molecular weight is 214 g/mol. The lowest BCUT2D eigenvalue weighted by molar-refractivity contribution is -0.111. The smallest absolute Gasteiger partial charge is 0.221 e. The van der Waals surface area contributed by atoms with E-state index in [1.807, 2.05) is 0 Å². The molecule has 0 aliphatic carbocycles. The summed E-state index contributed by atoms with van der Waals surface area (Å²) in [6.07, 6.45) is 2.37. The van der Waals surface area contributed by atoms with Gasteiger partial charge < -0.3 is 0 Å². The zero-order valence-corrected chi connectivity index (χ0v) is 7.70. The Morgan fingerprint density at radius 2 is 2.33 bits per heavy atom. The van der Waals surface area contributed by atoms with E-state index in [9.17, 15) is 4.79 Å². The van der Waals surface area contributed by atoms with Gasteiger partial charge in [-0.3, -0.25) is 4.79 Å². The lowest BCUT2D eigenvalue weighted by atomic mass is 10.2. The molecule has 0 aliphatic heterocycles. The first kappa shape index (κ1) is 9.44. The van der Waals surface area contributed by atoms with Gasteiger partial charge in [-0.25, -0.2) is 0 Å². The summed E-state index contributed by atoms with van der Waals surface area (Å²) in [4.78, 5) is 10.7. The Labute approximate surface area is 68.9 Å². The molecule has 0 fully saturated rings. The molecule has 0 aromatic heterocycles. The lowest BCUT2D eigenvalue weighted by Crippen LogP contribution is -1.97. The first-order valence-electron chi connectivity index (χ1n) is 2.99. The van der Waals surface area contributed by atoms with Gasteiger partial charge in [-0.05, 0) is 24.4 Å². The Bertz CT molecular complexity index is 95.1. The molecule has 9 heavy (non-hydrogen) atoms. The highest BCUT2D eigenvalue weighted by Gasteiger charge is 2.02. The standard InChI is InChI=1S/C6H10BrClO/c1-2-5(7)3-4-6(8)9/h5H,2-4H2,1H3. The zero-order valence-electron chi connectivity index (χ0n) is 5.36. The summed E-state index contributed by atoms with van der Waals surface area (Å²) in [6, 6.07) is 0. The predicted octanol–water partition coefficient (Wildman–Crippen LogP) is 2.71. The van der Waals surface area contributed by atoms with Crippen LogP contribution in [0.5, 0.6) is 0 Å². The lowest BCUT2D eigenvalue weighted by Gasteiger charge is -2.01. The van der Waals surface area contributed by atoms with Crippen molar-refractivity contribution in [3.8, 4) is 0 Å². The maximum Gasteiger partial charge on any atom is 0.221 e. The van der Waals surface area contributed by atoms with Crippen LogP contribution in [-0.4, -0.2) is 10.1 Å². The third-order valence-corrected chi connectivity index (χ3v) is 2.39. The highest BCUT2D eigenvalue weighted by Crippen LogP contribution is 2.12. The van der Waals surface area contributed by atoms with Crippen molar-refractivity contribution in [2.45, 2.75) is 31.0 Å². The Morgan fingerprint density at radius 1 is 1.78 bits per heavy atom. The zero-order chi connectivity index (χ0) is 7.28. The van der Waals surface area contributed by atoms with Gasteiger partial charge in [0.1, 0.15) is 0 Å². The van der Waals surface area contributed by atoms with Gasteiger partial charge in [0.2, 0.25) is 5.24 Å². The van der Waals surface area contributed by atoms with E-state index in [-0.39, 0.29) is 5.24 Å². The Hall–Kier alpha value is 0.440. The minimum absolute atomic E-state index is 0.243. The monoisotopic (exact) mass is 212 g/mol. The highest BCUT2D eigenvalue weighted by molar-refractivity contribution is 9.09. The van der Waals surface area contributed by atoms with E-state index in [2.05, 4.69) is 22.9 Å². The molecule has 0 spiro atoms. The van der Waals surface area contributed by atoms with Crippen molar-refractivity contribution in [1.29, 1.82) is 0 Å². The quantitative estimate of drug-likeness (QED) is 0.518. The second-order valence-electron chi connectivity index (χ2n) is 1.90. The molecule has 0 bridgehead atoms. The van der Waals surface area contributed by atoms with Crippen LogP contribution in [0.25, 0.3) is 0 Å². The van der Waals surface area contributed by atoms with Crippen molar-refractivity contribution >= 4 is 32.8 Å². The maximum absolute atomic E-state index is 10.2. The third kappa shape index (κ3) is 6.32. The molecule has 3 heteroatoms. The van der Waals surface area contributed by atoms with Crippen LogP contribution in [0.4, 0.5) is 0 Å². The topological polar surface area (TPSA) is 17.1 Å². The summed E-state index contributed by atoms with van der Waals surface area (Å²) in [5.74, 6) is 0. The largest absolute Gasteiger partial charge is 0.281 e. The summed E-state index contributed by atoms with van der Waals surface area (Å²) in [6.45, 7) is 2.07. The van der Waals surface area contributed by atoms with Crippen molar-refractivity contribution in [3.05, 3.63) is 0 Å². The molecule has 54 valence electrons. The van der Waals surface area contributed by atoms with Crippen LogP contribution in [0.2, 0.25) is 0 Å². The van der Waals surface area contributed by atoms with Gasteiger partial charge in [-0.1, -0.05) is 22.9 Å². The fourth-order valence-corrected chi connectivity index (χ4v) is 0.812. The molecule has 0 saturated carbocycles. The van der Waals surface area contributed by atoms with E-state index in [4.69, 9.17) is 11.6 Å². The average Bonchev–Trinajstić information content (AvgIpc) is 1.83. The number of carbonyl (C=O) groups is 1. The van der Waals surface area contributed by atoms with Crippen molar-refractivity contribution in [3.63, 3.8) is 0 Å². The number of alkyl halides is 1. The molecule has 1 atom stereocenters. The van der Waals surface area contributed by atoms with Crippen molar-refractivity contribution in [1.82, 2.24) is 0 Å². The minimum Gasteiger partial charge on any atom is -0.281 e. The molecule has 0 heterocycles. The van der Waals surface area contributed by atoms with Crippen molar-refractivity contribution < 1.29 is 4.79 Å². The molecule has 1 unspecified atom stereocenters. The molecular formula is C6H10BrClO. The van der Waals surface area contributed by atoms with Crippen LogP contribution in [0.3, 0.4) is 0 Å². The molecule has 0 aliphatic rings. The second kappa shape index (κ2) is 5.24. The fraction of sp³-hybridized carbons (Fsp3) is 0.833. The summed E-state index contributed by atoms with van der Waals surface area (Å²) < 4.78 is 0. The van der Waals surface area contributed by atoms with Gasteiger partial charge in [0.25, 0.3) is 0 Å². The summed E-state index contributed by atoms with van der Waals surface area (Å²) >= 11 is 8.51. The normalized spacial score (nSPS) is 13.2. The molecule has 0 saturated heterocycles. The Balaban J connectivity index is 3.16. The highest BCUT2D eigenvalue weighted by atomic mass is 79.9. The molecule has 0 radical (unpaired) electrons. The molecular weight excluding hydrogens is 203 g/mol. The van der Waals surface area contributed by atoms with Gasteiger partial charge in [0.05, 0.1) is 0 Å². The maximum atomic E-state index is 10.2. The number of rotatable bonds is 4. The van der Waals surface area contributed by atoms with E-state index < -0.39 is 0 Å². The van der Waals surface area contributed by atoms with E-state index in [1.54, 1.807) is 0 Å². The van der Waals surface area contributed by atoms with Crippen LogP contribution in [0, 0.1) is 0 Å². The van der Waals surface area contributed by atoms with Gasteiger partial charge in [-0.15, -0.1) is 0 Å². The first-order valence-corrected chi connectivity index (χ1v) is 4.28. The van der Waals surface area contributed by atoms with Crippen molar-refractivity contribution in [2.75, 3.05) is 0 Å². The second-order valence-corrected chi connectivity index (χ2v) is 3.62. The van der Waals surface area contributed by atoms with Crippen LogP contribution in [0.1, 0.15) is 26.2 Å². The molecule has 0 N–H and O–H groups in total. The van der Waals surface area contributed by atoms with Crippen LogP contribution < -0.4 is 0 Å². The summed E-state index contributed by atoms with van der Waals surface area (Å²) in [5.41, 5.74) is 0. The van der Waals surface area contributed by atoms with E-state index in [1.165, 1.54) is 0 Å². The van der Waals surface area contributed by atoms with E-state index >= 15 is 0 Å².